The average Bonchev–Trinajstić information content (AvgIpc) is 2.93. The number of carbonyl (C=O) groups excluding carboxylic acids is 1. The van der Waals surface area contributed by atoms with Gasteiger partial charge in [0.05, 0.1) is 5.60 Å². The minimum absolute atomic E-state index is 0.0238. The van der Waals surface area contributed by atoms with Gasteiger partial charge in [-0.1, -0.05) is 12.1 Å². The molecule has 6 fully saturated rings. The molecule has 1 aromatic carbocycles. The summed E-state index contributed by atoms with van der Waals surface area (Å²) >= 11 is 0. The van der Waals surface area contributed by atoms with E-state index in [4.69, 9.17) is 0 Å². The Balaban J connectivity index is 1.19. The van der Waals surface area contributed by atoms with Gasteiger partial charge in [0.2, 0.25) is 0 Å². The molecule has 4 nitrogen and oxygen atoms in total. The van der Waals surface area contributed by atoms with E-state index < -0.39 is 5.60 Å². The van der Waals surface area contributed by atoms with Crippen molar-refractivity contribution in [1.29, 1.82) is 0 Å². The van der Waals surface area contributed by atoms with Crippen molar-refractivity contribution >= 4 is 6.03 Å². The maximum Gasteiger partial charge on any atom is 0.318 e. The van der Waals surface area contributed by atoms with E-state index in [1.54, 1.807) is 12.1 Å². The summed E-state index contributed by atoms with van der Waals surface area (Å²) < 4.78 is 13.3. The lowest BCUT2D eigenvalue weighted by molar-refractivity contribution is -0.0493. The van der Waals surface area contributed by atoms with Gasteiger partial charge in [0.15, 0.2) is 0 Å². The standard InChI is InChI=1S/C24H31FN2O2/c25-19-3-1-18(2-4-19)24(29)13-20-5-6-21(14-24)27(20)22(28)26-23-10-15-7-16(11-23)9-17(8-15)12-23/h1-4,15-17,20-21,29H,5-14H2,(H,26,28). The monoisotopic (exact) mass is 398 g/mol. The molecule has 2 unspecified atom stereocenters. The SMILES string of the molecule is O=C(NC12CC3CC(CC(C3)C1)C2)N1C2CCC1CC(O)(c1ccc(F)cc1)C2. The van der Waals surface area contributed by atoms with Gasteiger partial charge in [0.1, 0.15) is 5.82 Å². The van der Waals surface area contributed by atoms with Gasteiger partial charge in [0.25, 0.3) is 0 Å². The van der Waals surface area contributed by atoms with Gasteiger partial charge in [-0.05, 0) is 86.8 Å². The van der Waals surface area contributed by atoms with Gasteiger partial charge in [-0.15, -0.1) is 0 Å². The average molecular weight is 399 g/mol. The zero-order chi connectivity index (χ0) is 19.8. The van der Waals surface area contributed by atoms with E-state index in [1.807, 2.05) is 0 Å². The molecule has 5 heteroatoms. The molecule has 2 atom stereocenters. The fourth-order valence-electron chi connectivity index (χ4n) is 8.11. The Labute approximate surface area is 171 Å². The van der Waals surface area contributed by atoms with E-state index in [0.29, 0.717) is 12.8 Å². The predicted octanol–water partition coefficient (Wildman–Crippen LogP) is 4.32. The smallest absolute Gasteiger partial charge is 0.318 e. The van der Waals surface area contributed by atoms with E-state index in [2.05, 4.69) is 10.2 Å². The summed E-state index contributed by atoms with van der Waals surface area (Å²) in [4.78, 5) is 15.5. The van der Waals surface area contributed by atoms with E-state index in [1.165, 1.54) is 31.4 Å². The molecular formula is C24H31FN2O2. The first kappa shape index (κ1) is 18.2. The lowest BCUT2D eigenvalue weighted by atomic mass is 9.53. The maximum atomic E-state index is 13.4. The Hall–Kier alpha value is -1.62. The van der Waals surface area contributed by atoms with Crippen LogP contribution < -0.4 is 5.32 Å². The van der Waals surface area contributed by atoms with Crippen molar-refractivity contribution < 1.29 is 14.3 Å². The number of aliphatic hydroxyl groups is 1. The second-order valence-electron chi connectivity index (χ2n) is 10.9. The summed E-state index contributed by atoms with van der Waals surface area (Å²) in [5.74, 6) is 2.14. The molecule has 156 valence electrons. The Morgan fingerprint density at radius 3 is 1.97 bits per heavy atom. The van der Waals surface area contributed by atoms with Crippen LogP contribution in [0.15, 0.2) is 24.3 Å². The Morgan fingerprint density at radius 1 is 0.931 bits per heavy atom. The summed E-state index contributed by atoms with van der Waals surface area (Å²) in [6.07, 6.45) is 10.6. The van der Waals surface area contributed by atoms with Gasteiger partial charge in [-0.25, -0.2) is 9.18 Å². The molecular weight excluding hydrogens is 367 g/mol. The van der Waals surface area contributed by atoms with Gasteiger partial charge >= 0.3 is 6.03 Å². The molecule has 4 saturated carbocycles. The van der Waals surface area contributed by atoms with E-state index >= 15 is 0 Å². The van der Waals surface area contributed by atoms with Crippen LogP contribution in [0.4, 0.5) is 9.18 Å². The van der Waals surface area contributed by atoms with Crippen molar-refractivity contribution in [1.82, 2.24) is 10.2 Å². The van der Waals surface area contributed by atoms with Crippen LogP contribution in [0.25, 0.3) is 0 Å². The number of urea groups is 1. The number of fused-ring (bicyclic) bond motifs is 2. The number of rotatable bonds is 2. The third-order valence-corrected chi connectivity index (χ3v) is 8.79. The first-order chi connectivity index (χ1) is 13.9. The van der Waals surface area contributed by atoms with E-state index in [0.717, 1.165) is 55.4 Å². The molecule has 2 saturated heterocycles. The molecule has 7 rings (SSSR count). The first-order valence-electron chi connectivity index (χ1n) is 11.5. The van der Waals surface area contributed by atoms with Crippen molar-refractivity contribution in [2.75, 3.05) is 0 Å². The lowest BCUT2D eigenvalue weighted by Crippen LogP contribution is -2.64. The fourth-order valence-corrected chi connectivity index (χ4v) is 8.11. The molecule has 6 bridgehead atoms. The lowest BCUT2D eigenvalue weighted by Gasteiger charge is -2.57. The number of carbonyl (C=O) groups is 1. The number of nitrogens with zero attached hydrogens (tertiary/aromatic N) is 1. The molecule has 29 heavy (non-hydrogen) atoms. The van der Waals surface area contributed by atoms with Gasteiger partial charge in [-0.2, -0.15) is 0 Å². The van der Waals surface area contributed by atoms with Gasteiger partial charge in [-0.3, -0.25) is 0 Å². The van der Waals surface area contributed by atoms with Crippen LogP contribution in [-0.4, -0.2) is 33.7 Å². The molecule has 1 aromatic rings. The second-order valence-corrected chi connectivity index (χ2v) is 10.9. The van der Waals surface area contributed by atoms with Crippen molar-refractivity contribution in [2.45, 2.75) is 87.4 Å². The van der Waals surface area contributed by atoms with E-state index in [9.17, 15) is 14.3 Å². The van der Waals surface area contributed by atoms with Gasteiger partial charge < -0.3 is 15.3 Å². The minimum Gasteiger partial charge on any atom is -0.385 e. The predicted molar refractivity (Wildman–Crippen MR) is 108 cm³/mol. The first-order valence-corrected chi connectivity index (χ1v) is 11.5. The van der Waals surface area contributed by atoms with Crippen LogP contribution in [0.1, 0.15) is 69.8 Å². The quantitative estimate of drug-likeness (QED) is 0.780. The van der Waals surface area contributed by atoms with Crippen molar-refractivity contribution in [2.24, 2.45) is 17.8 Å². The van der Waals surface area contributed by atoms with Crippen molar-refractivity contribution in [3.05, 3.63) is 35.6 Å². The molecule has 4 aliphatic carbocycles. The van der Waals surface area contributed by atoms with Crippen LogP contribution in [-0.2, 0) is 5.60 Å². The molecule has 2 N–H and O–H groups in total. The van der Waals surface area contributed by atoms with Crippen LogP contribution >= 0.6 is 0 Å². The maximum absolute atomic E-state index is 13.4. The molecule has 6 aliphatic rings. The molecule has 0 aromatic heterocycles. The van der Waals surface area contributed by atoms with Crippen molar-refractivity contribution in [3.63, 3.8) is 0 Å². The third-order valence-electron chi connectivity index (χ3n) is 8.79. The Kier molecular flexibility index (Phi) is 3.88. The fraction of sp³-hybridized carbons (Fsp3) is 0.708. The van der Waals surface area contributed by atoms with Crippen LogP contribution in [0.3, 0.4) is 0 Å². The van der Waals surface area contributed by atoms with Crippen LogP contribution in [0, 0.1) is 23.6 Å². The zero-order valence-corrected chi connectivity index (χ0v) is 16.9. The normalized spacial score (nSPS) is 44.9. The van der Waals surface area contributed by atoms with Gasteiger partial charge in [0, 0.05) is 30.5 Å². The summed E-state index contributed by atoms with van der Waals surface area (Å²) in [6, 6.07) is 6.46. The Bertz CT molecular complexity index is 773. The number of amides is 2. The number of piperidine rings is 1. The molecule has 0 radical (unpaired) electrons. The van der Waals surface area contributed by atoms with Crippen LogP contribution in [0.2, 0.25) is 0 Å². The number of benzene rings is 1. The number of hydrogen-bond acceptors (Lipinski definition) is 2. The largest absolute Gasteiger partial charge is 0.385 e. The zero-order valence-electron chi connectivity index (χ0n) is 16.9. The summed E-state index contributed by atoms with van der Waals surface area (Å²) in [5, 5.41) is 14.9. The Morgan fingerprint density at radius 2 is 1.45 bits per heavy atom. The number of nitrogens with one attached hydrogen (secondary N) is 1. The molecule has 2 heterocycles. The molecule has 2 amide bonds. The molecule has 0 spiro atoms. The van der Waals surface area contributed by atoms with Crippen molar-refractivity contribution in [3.8, 4) is 0 Å². The summed E-state index contributed by atoms with van der Waals surface area (Å²) in [7, 11) is 0. The highest BCUT2D eigenvalue weighted by atomic mass is 19.1. The second kappa shape index (κ2) is 6.19. The highest BCUT2D eigenvalue weighted by Crippen LogP contribution is 2.56. The minimum atomic E-state index is -0.961. The highest BCUT2D eigenvalue weighted by molar-refractivity contribution is 5.76. The topological polar surface area (TPSA) is 52.6 Å². The third kappa shape index (κ3) is 2.91. The molecule has 2 aliphatic heterocycles. The highest BCUT2D eigenvalue weighted by Gasteiger charge is 2.54. The number of hydrogen-bond donors (Lipinski definition) is 2. The number of halogens is 1. The summed E-state index contributed by atoms with van der Waals surface area (Å²) in [6.45, 7) is 0. The summed E-state index contributed by atoms with van der Waals surface area (Å²) in [5.41, 5.74) is -0.163. The van der Waals surface area contributed by atoms with Crippen LogP contribution in [0.5, 0.6) is 0 Å². The van der Waals surface area contributed by atoms with E-state index in [-0.39, 0.29) is 29.5 Å².